The van der Waals surface area contributed by atoms with Crippen molar-refractivity contribution in [3.05, 3.63) is 22.8 Å². The molecule has 1 rings (SSSR count). The third kappa shape index (κ3) is 2.87. The number of carboxylic acids is 1. The number of aromatic nitrogens is 1. The van der Waals surface area contributed by atoms with Gasteiger partial charge in [0.25, 0.3) is 0 Å². The Hall–Kier alpha value is -1.10. The highest BCUT2D eigenvalue weighted by molar-refractivity contribution is 9.10. The first-order valence-electron chi connectivity index (χ1n) is 3.14. The van der Waals surface area contributed by atoms with E-state index in [0.29, 0.717) is 5.88 Å². The molecule has 0 fully saturated rings. The van der Waals surface area contributed by atoms with Crippen LogP contribution >= 0.6 is 15.9 Å². The second-order valence-electron chi connectivity index (χ2n) is 1.99. The average molecular weight is 232 g/mol. The lowest BCUT2D eigenvalue weighted by atomic mass is 10.5. The normalized spacial score (nSPS) is 9.42. The van der Waals surface area contributed by atoms with E-state index in [1.165, 1.54) is 6.20 Å². The van der Waals surface area contributed by atoms with Crippen LogP contribution in [-0.2, 0) is 4.79 Å². The van der Waals surface area contributed by atoms with Crippen molar-refractivity contribution in [3.8, 4) is 5.88 Å². The summed E-state index contributed by atoms with van der Waals surface area (Å²) in [6.45, 7) is -0.372. The van der Waals surface area contributed by atoms with Crippen LogP contribution in [0.1, 0.15) is 0 Å². The summed E-state index contributed by atoms with van der Waals surface area (Å²) in [4.78, 5) is 13.9. The van der Waals surface area contributed by atoms with Crippen molar-refractivity contribution in [2.45, 2.75) is 0 Å². The molecule has 5 heteroatoms. The van der Waals surface area contributed by atoms with Gasteiger partial charge in [-0.25, -0.2) is 9.78 Å². The SMILES string of the molecule is O=C(O)COc1cc(Br)ccn1. The maximum absolute atomic E-state index is 10.1. The largest absolute Gasteiger partial charge is 0.479 e. The molecular formula is C7H6BrNO3. The number of carbonyl (C=O) groups is 1. The van der Waals surface area contributed by atoms with E-state index in [-0.39, 0.29) is 6.61 Å². The summed E-state index contributed by atoms with van der Waals surface area (Å²) in [6, 6.07) is 3.33. The molecule has 12 heavy (non-hydrogen) atoms. The van der Waals surface area contributed by atoms with Gasteiger partial charge in [0, 0.05) is 16.7 Å². The Bertz CT molecular complexity index is 290. The number of rotatable bonds is 3. The third-order valence-electron chi connectivity index (χ3n) is 1.04. The Morgan fingerprint density at radius 1 is 1.75 bits per heavy atom. The van der Waals surface area contributed by atoms with Crippen LogP contribution < -0.4 is 4.74 Å². The van der Waals surface area contributed by atoms with Gasteiger partial charge in [-0.15, -0.1) is 0 Å². The number of halogens is 1. The van der Waals surface area contributed by atoms with Crippen LogP contribution in [0, 0.1) is 0 Å². The Morgan fingerprint density at radius 2 is 2.50 bits per heavy atom. The molecule has 1 aromatic heterocycles. The molecule has 0 aliphatic heterocycles. The minimum absolute atomic E-state index is 0.298. The summed E-state index contributed by atoms with van der Waals surface area (Å²) >= 11 is 3.20. The van der Waals surface area contributed by atoms with Crippen LogP contribution in [0.25, 0.3) is 0 Å². The van der Waals surface area contributed by atoms with Crippen LogP contribution in [0.4, 0.5) is 0 Å². The molecule has 0 aliphatic rings. The zero-order valence-electron chi connectivity index (χ0n) is 6.03. The van der Waals surface area contributed by atoms with Crippen molar-refractivity contribution in [1.82, 2.24) is 4.98 Å². The van der Waals surface area contributed by atoms with Crippen LogP contribution in [0.15, 0.2) is 22.8 Å². The van der Waals surface area contributed by atoms with Gasteiger partial charge in [0.2, 0.25) is 5.88 Å². The van der Waals surface area contributed by atoms with E-state index in [1.54, 1.807) is 12.1 Å². The molecule has 1 heterocycles. The summed E-state index contributed by atoms with van der Waals surface area (Å²) in [7, 11) is 0. The lowest BCUT2D eigenvalue weighted by Gasteiger charge is -2.00. The van der Waals surface area contributed by atoms with E-state index in [9.17, 15) is 4.79 Å². The summed E-state index contributed by atoms with van der Waals surface area (Å²) in [6.07, 6.45) is 1.53. The molecular weight excluding hydrogens is 226 g/mol. The van der Waals surface area contributed by atoms with Crippen LogP contribution in [0.3, 0.4) is 0 Å². The molecule has 64 valence electrons. The zero-order chi connectivity index (χ0) is 8.97. The lowest BCUT2D eigenvalue weighted by molar-refractivity contribution is -0.139. The number of aliphatic carboxylic acids is 1. The van der Waals surface area contributed by atoms with Gasteiger partial charge in [-0.2, -0.15) is 0 Å². The monoisotopic (exact) mass is 231 g/mol. The minimum Gasteiger partial charge on any atom is -0.479 e. The quantitative estimate of drug-likeness (QED) is 0.853. The molecule has 4 nitrogen and oxygen atoms in total. The van der Waals surface area contributed by atoms with Gasteiger partial charge < -0.3 is 9.84 Å². The number of ether oxygens (including phenoxy) is 1. The van der Waals surface area contributed by atoms with Gasteiger partial charge >= 0.3 is 5.97 Å². The fraction of sp³-hybridized carbons (Fsp3) is 0.143. The summed E-state index contributed by atoms with van der Waals surface area (Å²) in [5.41, 5.74) is 0. The zero-order valence-corrected chi connectivity index (χ0v) is 7.61. The number of nitrogens with zero attached hydrogens (tertiary/aromatic N) is 1. The predicted molar refractivity (Wildman–Crippen MR) is 45.1 cm³/mol. The van der Waals surface area contributed by atoms with Crippen molar-refractivity contribution in [3.63, 3.8) is 0 Å². The van der Waals surface area contributed by atoms with Gasteiger partial charge in [-0.05, 0) is 6.07 Å². The van der Waals surface area contributed by atoms with E-state index in [0.717, 1.165) is 4.47 Å². The molecule has 0 spiro atoms. The maximum atomic E-state index is 10.1. The van der Waals surface area contributed by atoms with E-state index in [4.69, 9.17) is 9.84 Å². The number of hydrogen-bond acceptors (Lipinski definition) is 3. The summed E-state index contributed by atoms with van der Waals surface area (Å²) in [5.74, 6) is -0.719. The molecule has 0 radical (unpaired) electrons. The predicted octanol–water partition coefficient (Wildman–Crippen LogP) is 1.31. The fourth-order valence-electron chi connectivity index (χ4n) is 0.600. The molecule has 1 N–H and O–H groups in total. The van der Waals surface area contributed by atoms with Gasteiger partial charge in [-0.3, -0.25) is 0 Å². The van der Waals surface area contributed by atoms with Crippen LogP contribution in [0.5, 0.6) is 5.88 Å². The maximum Gasteiger partial charge on any atom is 0.341 e. The standard InChI is InChI=1S/C7H6BrNO3/c8-5-1-2-9-6(3-5)12-4-7(10)11/h1-3H,4H2,(H,10,11). The lowest BCUT2D eigenvalue weighted by Crippen LogP contribution is -2.09. The Labute approximate surface area is 77.3 Å². The van der Waals surface area contributed by atoms with Gasteiger partial charge in [-0.1, -0.05) is 15.9 Å². The Morgan fingerprint density at radius 3 is 3.08 bits per heavy atom. The van der Waals surface area contributed by atoms with Crippen molar-refractivity contribution in [1.29, 1.82) is 0 Å². The highest BCUT2D eigenvalue weighted by atomic mass is 79.9. The molecule has 0 atom stereocenters. The number of carboxylic acid groups (broad SMARTS) is 1. The van der Waals surface area contributed by atoms with E-state index in [2.05, 4.69) is 20.9 Å². The van der Waals surface area contributed by atoms with E-state index in [1.807, 2.05) is 0 Å². The van der Waals surface area contributed by atoms with E-state index >= 15 is 0 Å². The van der Waals surface area contributed by atoms with Crippen molar-refractivity contribution in [2.24, 2.45) is 0 Å². The van der Waals surface area contributed by atoms with Crippen LogP contribution in [-0.4, -0.2) is 22.7 Å². The highest BCUT2D eigenvalue weighted by Gasteiger charge is 1.99. The molecule has 0 bridgehead atoms. The topological polar surface area (TPSA) is 59.4 Å². The van der Waals surface area contributed by atoms with Gasteiger partial charge in [0.1, 0.15) is 0 Å². The molecule has 0 aromatic carbocycles. The van der Waals surface area contributed by atoms with Gasteiger partial charge in [0.05, 0.1) is 0 Å². The molecule has 0 aliphatic carbocycles. The Balaban J connectivity index is 2.57. The second-order valence-corrected chi connectivity index (χ2v) is 2.91. The first-order chi connectivity index (χ1) is 5.68. The van der Waals surface area contributed by atoms with Crippen molar-refractivity contribution in [2.75, 3.05) is 6.61 Å². The first kappa shape index (κ1) is 8.99. The number of pyridine rings is 1. The molecule has 0 saturated heterocycles. The Kier molecular flexibility index (Phi) is 3.04. The van der Waals surface area contributed by atoms with Crippen LogP contribution in [0.2, 0.25) is 0 Å². The molecule has 0 saturated carbocycles. The highest BCUT2D eigenvalue weighted by Crippen LogP contribution is 2.14. The van der Waals surface area contributed by atoms with Crippen molar-refractivity contribution < 1.29 is 14.6 Å². The second kappa shape index (κ2) is 4.06. The molecule has 0 amide bonds. The first-order valence-corrected chi connectivity index (χ1v) is 3.94. The third-order valence-corrected chi connectivity index (χ3v) is 1.53. The van der Waals surface area contributed by atoms with Crippen molar-refractivity contribution >= 4 is 21.9 Å². The summed E-state index contributed by atoms with van der Waals surface area (Å²) in [5, 5.41) is 8.28. The average Bonchev–Trinajstić information content (AvgIpc) is 2.01. The fourth-order valence-corrected chi connectivity index (χ4v) is 0.914. The smallest absolute Gasteiger partial charge is 0.341 e. The molecule has 1 aromatic rings. The van der Waals surface area contributed by atoms with Gasteiger partial charge in [0.15, 0.2) is 6.61 Å². The number of hydrogen-bond donors (Lipinski definition) is 1. The molecule has 0 unspecified atom stereocenters. The minimum atomic E-state index is -1.02. The summed E-state index contributed by atoms with van der Waals surface area (Å²) < 4.78 is 5.61. The van der Waals surface area contributed by atoms with E-state index < -0.39 is 5.97 Å².